The molecule has 0 bridgehead atoms. The fraction of sp³-hybridized carbons (Fsp3) is 0.667. The van der Waals surface area contributed by atoms with Crippen LogP contribution in [0.4, 0.5) is 0 Å². The van der Waals surface area contributed by atoms with Crippen molar-refractivity contribution in [2.24, 2.45) is 11.8 Å². The van der Waals surface area contributed by atoms with Gasteiger partial charge in [-0.3, -0.25) is 4.79 Å². The fourth-order valence-electron chi connectivity index (χ4n) is 3.54. The molecule has 0 aromatic heterocycles. The first kappa shape index (κ1) is 22.5. The summed E-state index contributed by atoms with van der Waals surface area (Å²) in [5.74, 6) is 2.82. The Morgan fingerprint density at radius 1 is 1.12 bits per heavy atom. The van der Waals surface area contributed by atoms with Crippen molar-refractivity contribution >= 4 is 5.78 Å². The number of fused-ring (bicyclic) bond motifs is 1. The molecule has 1 aromatic carbocycles. The van der Waals surface area contributed by atoms with Crippen LogP contribution in [0.2, 0.25) is 0 Å². The highest BCUT2D eigenvalue weighted by Gasteiger charge is 2.32. The van der Waals surface area contributed by atoms with Crippen LogP contribution in [0, 0.1) is 25.7 Å². The number of rotatable bonds is 1. The molecule has 2 fully saturated rings. The monoisotopic (exact) mass is 365 g/mol. The molecule has 5 nitrogen and oxygen atoms in total. The van der Waals surface area contributed by atoms with Gasteiger partial charge >= 0.3 is 0 Å². The topological polar surface area (TPSA) is 59.0 Å². The van der Waals surface area contributed by atoms with E-state index in [0.29, 0.717) is 11.5 Å². The summed E-state index contributed by atoms with van der Waals surface area (Å²) in [5.41, 5.74) is 1.95. The fourth-order valence-corrected chi connectivity index (χ4v) is 3.54. The lowest BCUT2D eigenvalue weighted by Gasteiger charge is -2.39. The molecule has 1 aliphatic heterocycles. The molecule has 148 valence electrons. The Balaban J connectivity index is 0.000000227. The lowest BCUT2D eigenvalue weighted by molar-refractivity contribution is -0.123. The Morgan fingerprint density at radius 2 is 1.77 bits per heavy atom. The number of ether oxygens (including phenoxy) is 2. The maximum atomic E-state index is 11.2. The highest BCUT2D eigenvalue weighted by Crippen LogP contribution is 2.34. The zero-order chi connectivity index (χ0) is 19.7. The van der Waals surface area contributed by atoms with Crippen molar-refractivity contribution in [3.63, 3.8) is 0 Å². The minimum absolute atomic E-state index is 0.243. The minimum Gasteiger partial charge on any atom is -0.504 e. The molecule has 2 atom stereocenters. The van der Waals surface area contributed by atoms with Gasteiger partial charge in [-0.25, -0.2) is 0 Å². The summed E-state index contributed by atoms with van der Waals surface area (Å²) in [4.78, 5) is 13.6. The Kier molecular flexibility index (Phi) is 9.66. The summed E-state index contributed by atoms with van der Waals surface area (Å²) in [7, 11) is 6.98. The molecule has 1 heterocycles. The summed E-state index contributed by atoms with van der Waals surface area (Å²) < 4.78 is 9.18. The van der Waals surface area contributed by atoms with E-state index in [1.54, 1.807) is 27.4 Å². The zero-order valence-corrected chi connectivity index (χ0v) is 17.2. The van der Waals surface area contributed by atoms with Gasteiger partial charge in [-0.2, -0.15) is 0 Å². The van der Waals surface area contributed by atoms with Crippen molar-refractivity contribution in [2.45, 2.75) is 39.5 Å². The summed E-state index contributed by atoms with van der Waals surface area (Å²) in [6.07, 6.45) is 4.11. The van der Waals surface area contributed by atoms with Crippen molar-refractivity contribution in [1.82, 2.24) is 4.90 Å². The van der Waals surface area contributed by atoms with E-state index in [4.69, 9.17) is 4.74 Å². The molecule has 3 rings (SSSR count). The Morgan fingerprint density at radius 3 is 2.38 bits per heavy atom. The van der Waals surface area contributed by atoms with Crippen LogP contribution >= 0.6 is 0 Å². The van der Waals surface area contributed by atoms with Gasteiger partial charge in [-0.1, -0.05) is 6.07 Å². The van der Waals surface area contributed by atoms with Crippen molar-refractivity contribution in [3.05, 3.63) is 23.3 Å². The van der Waals surface area contributed by atoms with Gasteiger partial charge in [-0.05, 0) is 69.3 Å². The number of Topliss-reactive ketones (excluding diaryl/α,β-unsaturated/α-hetero) is 1. The van der Waals surface area contributed by atoms with E-state index in [1.165, 1.54) is 19.5 Å². The van der Waals surface area contributed by atoms with E-state index in [0.717, 1.165) is 42.2 Å². The molecule has 1 aromatic rings. The van der Waals surface area contributed by atoms with Gasteiger partial charge in [0.2, 0.25) is 0 Å². The smallest absolute Gasteiger partial charge is 0.160 e. The van der Waals surface area contributed by atoms with Crippen molar-refractivity contribution < 1.29 is 19.4 Å². The number of benzene rings is 1. The number of carbonyl (C=O) groups excluding carboxylic acids is 1. The standard InChI is InChI=1S/C10H17NO.C9H12O2.C2H6O/c1-11-5-4-8-6-10(12)3-2-9(8)7-11;1-6-4-5-8(11-3)9(10)7(6)2;1-3-2/h8-9H,2-7H2,1H3;4-5,10H,1-3H3;1-2H3. The number of hydrogen-bond acceptors (Lipinski definition) is 5. The molecule has 0 amide bonds. The molecular weight excluding hydrogens is 330 g/mol. The predicted molar refractivity (Wildman–Crippen MR) is 105 cm³/mol. The van der Waals surface area contributed by atoms with Gasteiger partial charge < -0.3 is 19.5 Å². The van der Waals surface area contributed by atoms with Crippen molar-refractivity contribution in [2.75, 3.05) is 41.5 Å². The maximum Gasteiger partial charge on any atom is 0.160 e. The Labute approximate surface area is 158 Å². The molecule has 1 saturated carbocycles. The quantitative estimate of drug-likeness (QED) is 0.824. The number of aromatic hydroxyl groups is 1. The third-order valence-electron chi connectivity index (χ3n) is 5.26. The van der Waals surface area contributed by atoms with Crippen LogP contribution in [0.15, 0.2) is 12.1 Å². The van der Waals surface area contributed by atoms with Crippen LogP contribution in [-0.2, 0) is 9.53 Å². The zero-order valence-electron chi connectivity index (χ0n) is 17.2. The van der Waals surface area contributed by atoms with Crippen molar-refractivity contribution in [3.8, 4) is 11.5 Å². The molecule has 1 saturated heterocycles. The van der Waals surface area contributed by atoms with Crippen LogP contribution in [-0.4, -0.2) is 57.3 Å². The second-order valence-corrected chi connectivity index (χ2v) is 7.32. The summed E-state index contributed by atoms with van der Waals surface area (Å²) in [6, 6.07) is 3.69. The molecule has 26 heavy (non-hydrogen) atoms. The van der Waals surface area contributed by atoms with E-state index in [1.807, 2.05) is 19.9 Å². The second-order valence-electron chi connectivity index (χ2n) is 7.32. The first-order chi connectivity index (χ1) is 12.3. The van der Waals surface area contributed by atoms with Crippen molar-refractivity contribution in [1.29, 1.82) is 0 Å². The van der Waals surface area contributed by atoms with Crippen LogP contribution in [0.5, 0.6) is 11.5 Å². The number of likely N-dealkylation sites (tertiary alicyclic amines) is 1. The summed E-state index contributed by atoms with van der Waals surface area (Å²) >= 11 is 0. The average Bonchev–Trinajstić information content (AvgIpc) is 2.61. The van der Waals surface area contributed by atoms with E-state index < -0.39 is 0 Å². The highest BCUT2D eigenvalue weighted by molar-refractivity contribution is 5.79. The van der Waals surface area contributed by atoms with Gasteiger partial charge in [0.05, 0.1) is 7.11 Å². The number of phenolic OH excluding ortho intramolecular Hbond substituents is 1. The van der Waals surface area contributed by atoms with Crippen LogP contribution in [0.25, 0.3) is 0 Å². The third-order valence-corrected chi connectivity index (χ3v) is 5.26. The average molecular weight is 366 g/mol. The molecule has 0 spiro atoms. The molecule has 0 radical (unpaired) electrons. The van der Waals surface area contributed by atoms with Gasteiger partial charge in [0, 0.05) is 33.6 Å². The van der Waals surface area contributed by atoms with Crippen LogP contribution < -0.4 is 4.74 Å². The third kappa shape index (κ3) is 6.61. The first-order valence-corrected chi connectivity index (χ1v) is 9.27. The van der Waals surface area contributed by atoms with Crippen LogP contribution in [0.3, 0.4) is 0 Å². The summed E-state index contributed by atoms with van der Waals surface area (Å²) in [5, 5.41) is 9.45. The maximum absolute atomic E-state index is 11.2. The largest absolute Gasteiger partial charge is 0.504 e. The number of carbonyl (C=O) groups is 1. The van der Waals surface area contributed by atoms with Gasteiger partial charge in [0.15, 0.2) is 11.5 Å². The van der Waals surface area contributed by atoms with E-state index >= 15 is 0 Å². The Hall–Kier alpha value is -1.59. The SMILES string of the molecule is CN1CCC2CC(=O)CCC2C1.COC.COc1ccc(C)c(C)c1O. The molecular formula is C21H35NO4. The van der Waals surface area contributed by atoms with Gasteiger partial charge in [0.1, 0.15) is 5.78 Å². The normalized spacial score (nSPS) is 22.3. The van der Waals surface area contributed by atoms with E-state index in [2.05, 4.69) is 16.7 Å². The predicted octanol–water partition coefficient (Wildman–Crippen LogP) is 3.59. The second kappa shape index (κ2) is 11.2. The lowest BCUT2D eigenvalue weighted by Crippen LogP contribution is -2.41. The molecule has 2 unspecified atom stereocenters. The number of hydrogen-bond donors (Lipinski definition) is 1. The number of ketones is 1. The van der Waals surface area contributed by atoms with Gasteiger partial charge in [-0.15, -0.1) is 0 Å². The number of piperidine rings is 1. The number of methoxy groups -OCH3 is 2. The van der Waals surface area contributed by atoms with Gasteiger partial charge in [0.25, 0.3) is 0 Å². The molecule has 5 heteroatoms. The lowest BCUT2D eigenvalue weighted by atomic mass is 9.75. The molecule has 1 N–H and O–H groups in total. The Bertz CT molecular complexity index is 573. The number of phenols is 1. The molecule has 1 aliphatic carbocycles. The minimum atomic E-state index is 0.243. The van der Waals surface area contributed by atoms with Crippen LogP contribution in [0.1, 0.15) is 36.8 Å². The van der Waals surface area contributed by atoms with E-state index in [-0.39, 0.29) is 5.75 Å². The summed E-state index contributed by atoms with van der Waals surface area (Å²) in [6.45, 7) is 6.23. The van der Waals surface area contributed by atoms with E-state index in [9.17, 15) is 9.90 Å². The molecule has 2 aliphatic rings. The number of aryl methyl sites for hydroxylation is 1. The number of nitrogens with zero attached hydrogens (tertiary/aromatic N) is 1. The highest BCUT2D eigenvalue weighted by atomic mass is 16.5. The first-order valence-electron chi connectivity index (χ1n) is 9.27.